The molecule has 0 fully saturated rings. The number of carbonyl (C=O) groups is 1. The third-order valence-corrected chi connectivity index (χ3v) is 5.18. The van der Waals surface area contributed by atoms with Crippen LogP contribution in [0.2, 0.25) is 0 Å². The van der Waals surface area contributed by atoms with E-state index in [-0.39, 0.29) is 11.6 Å². The van der Waals surface area contributed by atoms with Gasteiger partial charge in [-0.05, 0) is 30.7 Å². The topological polar surface area (TPSA) is 56.0 Å². The number of fused-ring (bicyclic) bond motifs is 1. The zero-order valence-corrected chi connectivity index (χ0v) is 15.4. The van der Waals surface area contributed by atoms with Crippen molar-refractivity contribution in [1.29, 1.82) is 0 Å². The number of rotatable bonds is 5. The smallest absolute Gasteiger partial charge is 0.325 e. The summed E-state index contributed by atoms with van der Waals surface area (Å²) < 4.78 is 3.18. The first kappa shape index (κ1) is 17.4. The molecule has 1 aromatic heterocycles. The van der Waals surface area contributed by atoms with Crippen LogP contribution < -0.4 is 11.0 Å². The molecule has 1 N–H and O–H groups in total. The van der Waals surface area contributed by atoms with E-state index in [1.165, 1.54) is 11.1 Å². The molecule has 0 aliphatic carbocycles. The normalized spacial score (nSPS) is 11.0. The number of carbonyl (C=O) groups excluding carboxylic acids is 1. The summed E-state index contributed by atoms with van der Waals surface area (Å²) in [5.74, 6) is 1.15. The molecule has 3 aromatic rings. The zero-order valence-electron chi connectivity index (χ0n) is 14.6. The van der Waals surface area contributed by atoms with Crippen LogP contribution in [0.5, 0.6) is 0 Å². The minimum Gasteiger partial charge on any atom is -0.325 e. The van der Waals surface area contributed by atoms with Gasteiger partial charge in [0.15, 0.2) is 0 Å². The monoisotopic (exact) mass is 355 g/mol. The lowest BCUT2D eigenvalue weighted by Crippen LogP contribution is -2.19. The number of amides is 1. The Balaban J connectivity index is 1.61. The summed E-state index contributed by atoms with van der Waals surface area (Å²) in [5.41, 5.74) is 4.72. The molecule has 25 heavy (non-hydrogen) atoms. The Kier molecular flexibility index (Phi) is 4.99. The third-order valence-electron chi connectivity index (χ3n) is 4.18. The second kappa shape index (κ2) is 7.19. The van der Waals surface area contributed by atoms with E-state index in [4.69, 9.17) is 0 Å². The fourth-order valence-corrected chi connectivity index (χ4v) is 3.52. The van der Waals surface area contributed by atoms with Crippen LogP contribution in [0.4, 0.5) is 5.69 Å². The maximum atomic E-state index is 12.1. The predicted molar refractivity (Wildman–Crippen MR) is 104 cm³/mol. The van der Waals surface area contributed by atoms with Crippen LogP contribution in [0.25, 0.3) is 11.0 Å². The van der Waals surface area contributed by atoms with Gasteiger partial charge in [0, 0.05) is 25.5 Å². The van der Waals surface area contributed by atoms with Gasteiger partial charge in [0.05, 0.1) is 16.8 Å². The maximum Gasteiger partial charge on any atom is 0.328 e. The van der Waals surface area contributed by atoms with Crippen LogP contribution in [-0.2, 0) is 24.6 Å². The summed E-state index contributed by atoms with van der Waals surface area (Å²) in [6, 6.07) is 13.8. The van der Waals surface area contributed by atoms with Crippen LogP contribution in [0.15, 0.2) is 47.3 Å². The fraction of sp³-hybridized carbons (Fsp3) is 0.263. The van der Waals surface area contributed by atoms with Crippen molar-refractivity contribution in [1.82, 2.24) is 9.13 Å². The molecule has 1 amide bonds. The molecule has 130 valence electrons. The van der Waals surface area contributed by atoms with Crippen molar-refractivity contribution in [3.63, 3.8) is 0 Å². The average Bonchev–Trinajstić information content (AvgIpc) is 2.81. The summed E-state index contributed by atoms with van der Waals surface area (Å²) in [7, 11) is 3.47. The van der Waals surface area contributed by atoms with Crippen LogP contribution in [0.1, 0.15) is 11.1 Å². The van der Waals surface area contributed by atoms with Crippen molar-refractivity contribution in [2.75, 3.05) is 11.1 Å². The minimum atomic E-state index is -0.0767. The number of aryl methyl sites for hydroxylation is 3. The van der Waals surface area contributed by atoms with Crippen molar-refractivity contribution in [2.45, 2.75) is 12.7 Å². The van der Waals surface area contributed by atoms with Crippen molar-refractivity contribution in [2.24, 2.45) is 14.1 Å². The summed E-state index contributed by atoms with van der Waals surface area (Å²) in [5, 5.41) is 2.90. The first-order valence-corrected chi connectivity index (χ1v) is 9.20. The Bertz CT molecular complexity index is 971. The molecule has 0 spiro atoms. The van der Waals surface area contributed by atoms with Gasteiger partial charge in [-0.15, -0.1) is 11.8 Å². The number of hydrogen-bond donors (Lipinski definition) is 1. The standard InChI is InChI=1S/C19H21N3O2S/c1-13-4-6-14(7-5-13)11-25-12-18(23)20-15-8-9-16-17(10-15)22(3)19(24)21(16)2/h4-10H,11-12H2,1-3H3,(H,20,23). The van der Waals surface area contributed by atoms with Crippen LogP contribution >= 0.6 is 11.8 Å². The lowest BCUT2D eigenvalue weighted by molar-refractivity contribution is -0.113. The molecular formula is C19H21N3O2S. The van der Waals surface area contributed by atoms with Gasteiger partial charge in [-0.2, -0.15) is 0 Å². The Hall–Kier alpha value is -2.47. The average molecular weight is 355 g/mol. The molecule has 0 saturated heterocycles. The highest BCUT2D eigenvalue weighted by atomic mass is 32.2. The number of hydrogen-bond acceptors (Lipinski definition) is 3. The van der Waals surface area contributed by atoms with Gasteiger partial charge in [0.1, 0.15) is 0 Å². The van der Waals surface area contributed by atoms with Crippen LogP contribution in [-0.4, -0.2) is 20.8 Å². The first-order chi connectivity index (χ1) is 12.0. The van der Waals surface area contributed by atoms with E-state index in [2.05, 4.69) is 36.5 Å². The Morgan fingerprint density at radius 1 is 1.04 bits per heavy atom. The van der Waals surface area contributed by atoms with Crippen molar-refractivity contribution in [3.05, 3.63) is 64.1 Å². The quantitative estimate of drug-likeness (QED) is 0.765. The van der Waals surface area contributed by atoms with E-state index in [0.29, 0.717) is 11.4 Å². The summed E-state index contributed by atoms with van der Waals surface area (Å²) in [4.78, 5) is 24.1. The van der Waals surface area contributed by atoms with Gasteiger partial charge in [-0.25, -0.2) is 4.79 Å². The van der Waals surface area contributed by atoms with Gasteiger partial charge in [-0.1, -0.05) is 29.8 Å². The third kappa shape index (κ3) is 3.79. The van der Waals surface area contributed by atoms with Gasteiger partial charge in [0.25, 0.3) is 0 Å². The van der Waals surface area contributed by atoms with Crippen molar-refractivity contribution >= 4 is 34.4 Å². The number of nitrogens with zero attached hydrogens (tertiary/aromatic N) is 2. The number of nitrogens with one attached hydrogen (secondary N) is 1. The largest absolute Gasteiger partial charge is 0.328 e. The number of anilines is 1. The van der Waals surface area contributed by atoms with Crippen LogP contribution in [0.3, 0.4) is 0 Å². The molecule has 1 heterocycles. The van der Waals surface area contributed by atoms with E-state index in [9.17, 15) is 9.59 Å². The molecule has 0 aliphatic rings. The highest BCUT2D eigenvalue weighted by Crippen LogP contribution is 2.18. The molecule has 0 saturated carbocycles. The molecule has 6 heteroatoms. The van der Waals surface area contributed by atoms with E-state index in [1.54, 1.807) is 35.0 Å². The van der Waals surface area contributed by atoms with Crippen molar-refractivity contribution in [3.8, 4) is 0 Å². The molecule has 3 rings (SSSR count). The predicted octanol–water partition coefficient (Wildman–Crippen LogP) is 3.06. The van der Waals surface area contributed by atoms with E-state index in [1.807, 2.05) is 18.2 Å². The fourth-order valence-electron chi connectivity index (χ4n) is 2.73. The van der Waals surface area contributed by atoms with Crippen LogP contribution in [0, 0.1) is 6.92 Å². The lowest BCUT2D eigenvalue weighted by atomic mass is 10.2. The van der Waals surface area contributed by atoms with E-state index < -0.39 is 0 Å². The SMILES string of the molecule is Cc1ccc(CSCC(=O)Nc2ccc3c(c2)n(C)c(=O)n3C)cc1. The molecule has 5 nitrogen and oxygen atoms in total. The van der Waals surface area contributed by atoms with Gasteiger partial charge in [-0.3, -0.25) is 13.9 Å². The zero-order chi connectivity index (χ0) is 18.0. The highest BCUT2D eigenvalue weighted by molar-refractivity contribution is 7.99. The number of benzene rings is 2. The second-order valence-electron chi connectivity index (χ2n) is 6.13. The van der Waals surface area contributed by atoms with Gasteiger partial charge >= 0.3 is 5.69 Å². The molecule has 0 bridgehead atoms. The molecule has 0 unspecified atom stereocenters. The molecule has 0 aliphatic heterocycles. The van der Waals surface area contributed by atoms with Gasteiger partial charge < -0.3 is 5.32 Å². The van der Waals surface area contributed by atoms with E-state index >= 15 is 0 Å². The lowest BCUT2D eigenvalue weighted by Gasteiger charge is -2.06. The summed E-state index contributed by atoms with van der Waals surface area (Å²) in [6.45, 7) is 2.06. The second-order valence-corrected chi connectivity index (χ2v) is 7.12. The summed E-state index contributed by atoms with van der Waals surface area (Å²) in [6.07, 6.45) is 0. The Morgan fingerprint density at radius 2 is 1.72 bits per heavy atom. The summed E-state index contributed by atoms with van der Waals surface area (Å²) >= 11 is 1.58. The van der Waals surface area contributed by atoms with E-state index in [0.717, 1.165) is 16.8 Å². The molecule has 0 atom stereocenters. The minimum absolute atomic E-state index is 0.0441. The van der Waals surface area contributed by atoms with Gasteiger partial charge in [0.2, 0.25) is 5.91 Å². The number of thioether (sulfide) groups is 1. The highest BCUT2D eigenvalue weighted by Gasteiger charge is 2.09. The first-order valence-electron chi connectivity index (χ1n) is 8.04. The number of imidazole rings is 1. The molecule has 2 aromatic carbocycles. The molecular weight excluding hydrogens is 334 g/mol. The number of aromatic nitrogens is 2. The molecule has 0 radical (unpaired) electrons. The maximum absolute atomic E-state index is 12.1. The Morgan fingerprint density at radius 3 is 2.44 bits per heavy atom. The Labute approximate surface area is 150 Å². The van der Waals surface area contributed by atoms with Crippen molar-refractivity contribution < 1.29 is 4.79 Å².